The molecule has 0 heterocycles. The standard InChI is InChI=1S/C26H34N4O4/c1-4-6-18-13-16(5-2)14-21(23(18)34-15-22(31)29-19-11-12-19)26(3,25(32)33)30-20-9-7-17(8-10-20)24(27)28/h7-10,13-14,19,30H,4-6,11-12,15H2,1-3H3,(H3,27,28)(H,29,31)(H,32,33). The molecule has 0 spiro atoms. The van der Waals surface area contributed by atoms with Gasteiger partial charge in [-0.1, -0.05) is 26.3 Å². The lowest BCUT2D eigenvalue weighted by molar-refractivity contribution is -0.142. The molecule has 8 heteroatoms. The number of aliphatic carboxylic acids is 1. The molecule has 0 bridgehead atoms. The van der Waals surface area contributed by atoms with Gasteiger partial charge >= 0.3 is 5.97 Å². The van der Waals surface area contributed by atoms with Gasteiger partial charge in [0.1, 0.15) is 11.6 Å². The highest BCUT2D eigenvalue weighted by Gasteiger charge is 2.39. The third-order valence-corrected chi connectivity index (χ3v) is 6.00. The molecule has 1 amide bonds. The van der Waals surface area contributed by atoms with Crippen LogP contribution in [0.2, 0.25) is 0 Å². The van der Waals surface area contributed by atoms with Crippen LogP contribution in [0, 0.1) is 5.41 Å². The fourth-order valence-electron chi connectivity index (χ4n) is 3.85. The summed E-state index contributed by atoms with van der Waals surface area (Å²) in [5, 5.41) is 24.0. The first-order valence-electron chi connectivity index (χ1n) is 11.7. The zero-order chi connectivity index (χ0) is 24.9. The smallest absolute Gasteiger partial charge is 0.333 e. The number of rotatable bonds is 12. The Morgan fingerprint density at radius 1 is 1.21 bits per heavy atom. The number of carboxylic acid groups (broad SMARTS) is 1. The number of nitrogens with one attached hydrogen (secondary N) is 3. The Hall–Kier alpha value is -3.55. The summed E-state index contributed by atoms with van der Waals surface area (Å²) in [6.07, 6.45) is 4.24. The molecule has 1 atom stereocenters. The lowest BCUT2D eigenvalue weighted by Crippen LogP contribution is -2.41. The topological polar surface area (TPSA) is 138 Å². The number of hydrogen-bond acceptors (Lipinski definition) is 5. The van der Waals surface area contributed by atoms with E-state index in [9.17, 15) is 14.7 Å². The average molecular weight is 467 g/mol. The van der Waals surface area contributed by atoms with Gasteiger partial charge in [0.05, 0.1) is 0 Å². The summed E-state index contributed by atoms with van der Waals surface area (Å²) < 4.78 is 6.04. The molecule has 3 rings (SSSR count). The highest BCUT2D eigenvalue weighted by Crippen LogP contribution is 2.38. The van der Waals surface area contributed by atoms with Gasteiger partial charge in [0, 0.05) is 22.9 Å². The molecule has 2 aromatic rings. The number of ether oxygens (including phenoxy) is 1. The molecule has 34 heavy (non-hydrogen) atoms. The minimum Gasteiger partial charge on any atom is -0.483 e. The zero-order valence-corrected chi connectivity index (χ0v) is 20.0. The van der Waals surface area contributed by atoms with Crippen molar-refractivity contribution >= 4 is 23.4 Å². The monoisotopic (exact) mass is 466 g/mol. The van der Waals surface area contributed by atoms with Crippen LogP contribution in [0.4, 0.5) is 5.69 Å². The van der Waals surface area contributed by atoms with Crippen LogP contribution in [0.15, 0.2) is 36.4 Å². The number of nitrogen functional groups attached to an aromatic ring is 1. The number of carbonyl (C=O) groups excluding carboxylic acids is 1. The maximum atomic E-state index is 12.7. The first kappa shape index (κ1) is 25.1. The molecule has 6 N–H and O–H groups in total. The number of amidine groups is 1. The van der Waals surface area contributed by atoms with E-state index < -0.39 is 11.5 Å². The van der Waals surface area contributed by atoms with Crippen LogP contribution in [0.3, 0.4) is 0 Å². The van der Waals surface area contributed by atoms with Crippen molar-refractivity contribution in [2.75, 3.05) is 11.9 Å². The number of hydrogen-bond donors (Lipinski definition) is 5. The maximum absolute atomic E-state index is 12.7. The zero-order valence-electron chi connectivity index (χ0n) is 20.0. The lowest BCUT2D eigenvalue weighted by Gasteiger charge is -2.31. The van der Waals surface area contributed by atoms with Gasteiger partial charge < -0.3 is 26.2 Å². The molecule has 0 aromatic heterocycles. The SMILES string of the molecule is CCCc1cc(CC)cc(C(C)(Nc2ccc(C(=N)N)cc2)C(=O)O)c1OCC(=O)NC1CC1. The number of anilines is 1. The predicted molar refractivity (Wildman–Crippen MR) is 133 cm³/mol. The Morgan fingerprint density at radius 3 is 2.41 bits per heavy atom. The third kappa shape index (κ3) is 5.87. The summed E-state index contributed by atoms with van der Waals surface area (Å²) in [7, 11) is 0. The molecule has 0 aliphatic heterocycles. The fraction of sp³-hybridized carbons (Fsp3) is 0.423. The normalized spacial score (nSPS) is 14.7. The van der Waals surface area contributed by atoms with Crippen LogP contribution in [0.25, 0.3) is 0 Å². The van der Waals surface area contributed by atoms with E-state index in [1.807, 2.05) is 26.0 Å². The number of nitrogens with two attached hydrogens (primary N) is 1. The largest absolute Gasteiger partial charge is 0.483 e. The minimum atomic E-state index is -1.53. The van der Waals surface area contributed by atoms with E-state index in [0.717, 1.165) is 36.8 Å². The van der Waals surface area contributed by atoms with E-state index in [4.69, 9.17) is 15.9 Å². The number of aryl methyl sites for hydroxylation is 2. The van der Waals surface area contributed by atoms with Gasteiger partial charge in [-0.2, -0.15) is 0 Å². The van der Waals surface area contributed by atoms with Crippen LogP contribution < -0.4 is 21.1 Å². The number of carbonyl (C=O) groups is 2. The molecule has 1 aliphatic rings. The molecule has 1 saturated carbocycles. The quantitative estimate of drug-likeness (QED) is 0.240. The van der Waals surface area contributed by atoms with Gasteiger partial charge in [0.15, 0.2) is 12.1 Å². The first-order valence-corrected chi connectivity index (χ1v) is 11.7. The molecule has 0 saturated heterocycles. The van der Waals surface area contributed by atoms with Crippen molar-refractivity contribution in [3.05, 3.63) is 58.7 Å². The van der Waals surface area contributed by atoms with Gasteiger partial charge in [0.25, 0.3) is 5.91 Å². The van der Waals surface area contributed by atoms with Gasteiger partial charge in [0.2, 0.25) is 0 Å². The van der Waals surface area contributed by atoms with Crippen molar-refractivity contribution in [2.24, 2.45) is 5.73 Å². The van der Waals surface area contributed by atoms with Gasteiger partial charge in [-0.25, -0.2) is 4.79 Å². The number of amides is 1. The van der Waals surface area contributed by atoms with E-state index in [2.05, 4.69) is 10.6 Å². The highest BCUT2D eigenvalue weighted by atomic mass is 16.5. The molecule has 182 valence electrons. The highest BCUT2D eigenvalue weighted by molar-refractivity contribution is 5.95. The summed E-state index contributed by atoms with van der Waals surface area (Å²) in [6, 6.07) is 10.8. The van der Waals surface area contributed by atoms with Crippen molar-refractivity contribution in [2.45, 2.75) is 64.5 Å². The Labute approximate surface area is 200 Å². The summed E-state index contributed by atoms with van der Waals surface area (Å²) in [5.41, 5.74) is 7.46. The maximum Gasteiger partial charge on any atom is 0.333 e. The minimum absolute atomic E-state index is 0.0624. The summed E-state index contributed by atoms with van der Waals surface area (Å²) in [4.78, 5) is 25.0. The van der Waals surface area contributed by atoms with Crippen molar-refractivity contribution in [1.82, 2.24) is 5.32 Å². The first-order chi connectivity index (χ1) is 16.2. The molecule has 1 fully saturated rings. The number of benzene rings is 2. The number of carboxylic acids is 1. The lowest BCUT2D eigenvalue weighted by atomic mass is 9.86. The molecule has 0 radical (unpaired) electrons. The Kier molecular flexibility index (Phi) is 7.81. The van der Waals surface area contributed by atoms with E-state index in [1.54, 1.807) is 31.2 Å². The van der Waals surface area contributed by atoms with E-state index in [1.165, 1.54) is 0 Å². The van der Waals surface area contributed by atoms with Crippen molar-refractivity contribution < 1.29 is 19.4 Å². The van der Waals surface area contributed by atoms with E-state index in [0.29, 0.717) is 29.0 Å². The summed E-state index contributed by atoms with van der Waals surface area (Å²) in [5.74, 6) is -0.915. The molecule has 2 aromatic carbocycles. The van der Waals surface area contributed by atoms with Crippen molar-refractivity contribution in [1.29, 1.82) is 5.41 Å². The second-order valence-corrected chi connectivity index (χ2v) is 8.91. The Morgan fingerprint density at radius 2 is 1.88 bits per heavy atom. The Bertz CT molecular complexity index is 1060. The van der Waals surface area contributed by atoms with Gasteiger partial charge in [-0.15, -0.1) is 0 Å². The van der Waals surface area contributed by atoms with Crippen molar-refractivity contribution in [3.8, 4) is 5.75 Å². The summed E-state index contributed by atoms with van der Waals surface area (Å²) in [6.45, 7) is 5.49. The molecular weight excluding hydrogens is 432 g/mol. The van der Waals surface area contributed by atoms with Gasteiger partial charge in [-0.05, 0) is 74.1 Å². The molecule has 1 aliphatic carbocycles. The second kappa shape index (κ2) is 10.6. The van der Waals surface area contributed by atoms with Crippen LogP contribution >= 0.6 is 0 Å². The summed E-state index contributed by atoms with van der Waals surface area (Å²) >= 11 is 0. The van der Waals surface area contributed by atoms with Crippen molar-refractivity contribution in [3.63, 3.8) is 0 Å². The predicted octanol–water partition coefficient (Wildman–Crippen LogP) is 3.55. The van der Waals surface area contributed by atoms with Crippen LogP contribution in [-0.2, 0) is 28.0 Å². The fourth-order valence-corrected chi connectivity index (χ4v) is 3.85. The second-order valence-electron chi connectivity index (χ2n) is 8.91. The average Bonchev–Trinajstić information content (AvgIpc) is 3.62. The van der Waals surface area contributed by atoms with Crippen LogP contribution in [0.1, 0.15) is 62.3 Å². The molecular formula is C26H34N4O4. The third-order valence-electron chi connectivity index (χ3n) is 6.00. The van der Waals surface area contributed by atoms with Crippen LogP contribution in [-0.4, -0.2) is 35.5 Å². The van der Waals surface area contributed by atoms with E-state index in [-0.39, 0.29) is 24.4 Å². The molecule has 1 unspecified atom stereocenters. The van der Waals surface area contributed by atoms with Gasteiger partial charge in [-0.3, -0.25) is 10.2 Å². The van der Waals surface area contributed by atoms with E-state index >= 15 is 0 Å². The van der Waals surface area contributed by atoms with Crippen LogP contribution in [0.5, 0.6) is 5.75 Å². The Balaban J connectivity index is 2.03. The molecule has 8 nitrogen and oxygen atoms in total.